The number of aryl methyl sites for hydroxylation is 1. The molecule has 0 atom stereocenters. The molecule has 0 bridgehead atoms. The fourth-order valence-corrected chi connectivity index (χ4v) is 3.31. The number of non-ortho nitro benzene ring substituents is 1. The smallest absolute Gasteiger partial charge is 0.269 e. The van der Waals surface area contributed by atoms with Crippen LogP contribution in [0.5, 0.6) is 11.5 Å². The molecule has 0 aromatic heterocycles. The highest BCUT2D eigenvalue weighted by Crippen LogP contribution is 2.27. The third-order valence-corrected chi connectivity index (χ3v) is 4.92. The molecule has 1 saturated heterocycles. The van der Waals surface area contributed by atoms with Gasteiger partial charge in [0.05, 0.1) is 12.0 Å². The number of rotatable bonds is 7. The Kier molecular flexibility index (Phi) is 6.66. The summed E-state index contributed by atoms with van der Waals surface area (Å²) >= 11 is 0. The van der Waals surface area contributed by atoms with E-state index in [1.807, 2.05) is 25.1 Å². The number of ether oxygens (including phenoxy) is 2. The Hall–Kier alpha value is -3.13. The predicted molar refractivity (Wildman–Crippen MR) is 108 cm³/mol. The lowest BCUT2D eigenvalue weighted by molar-refractivity contribution is -0.384. The molecule has 0 spiro atoms. The topological polar surface area (TPSA) is 85.2 Å². The van der Waals surface area contributed by atoms with E-state index in [9.17, 15) is 14.9 Å². The van der Waals surface area contributed by atoms with E-state index in [1.165, 1.54) is 6.07 Å². The standard InChI is InChI=1S/C21H25N3O5/c1-16-6-7-19(20(12-16)28-2)29-15-21(25)23-10-8-22(9-11-23)14-17-4-3-5-18(13-17)24(26)27/h3-7,12-13H,8-11,14-15H2,1-2H3. The lowest BCUT2D eigenvalue weighted by atomic mass is 10.1. The van der Waals surface area contributed by atoms with Gasteiger partial charge in [0.2, 0.25) is 0 Å². The normalized spacial score (nSPS) is 14.5. The molecule has 0 N–H and O–H groups in total. The van der Waals surface area contributed by atoms with Gasteiger partial charge in [-0.05, 0) is 30.2 Å². The molecule has 0 unspecified atom stereocenters. The zero-order chi connectivity index (χ0) is 20.8. The van der Waals surface area contributed by atoms with Crippen LogP contribution in [0.15, 0.2) is 42.5 Å². The Morgan fingerprint density at radius 2 is 1.86 bits per heavy atom. The molecule has 1 amide bonds. The van der Waals surface area contributed by atoms with Gasteiger partial charge >= 0.3 is 0 Å². The second kappa shape index (κ2) is 9.38. The van der Waals surface area contributed by atoms with Crippen LogP contribution in [0.2, 0.25) is 0 Å². The highest BCUT2D eigenvalue weighted by Gasteiger charge is 2.22. The number of methoxy groups -OCH3 is 1. The van der Waals surface area contributed by atoms with E-state index in [1.54, 1.807) is 30.2 Å². The van der Waals surface area contributed by atoms with Crippen LogP contribution in [0, 0.1) is 17.0 Å². The number of benzene rings is 2. The summed E-state index contributed by atoms with van der Waals surface area (Å²) in [6.07, 6.45) is 0. The van der Waals surface area contributed by atoms with Gasteiger partial charge in [-0.2, -0.15) is 0 Å². The van der Waals surface area contributed by atoms with Crippen molar-refractivity contribution in [1.82, 2.24) is 9.80 Å². The summed E-state index contributed by atoms with van der Waals surface area (Å²) in [5.41, 5.74) is 2.05. The number of carbonyl (C=O) groups excluding carboxylic acids is 1. The maximum Gasteiger partial charge on any atom is 0.269 e. The second-order valence-corrected chi connectivity index (χ2v) is 7.03. The summed E-state index contributed by atoms with van der Waals surface area (Å²) < 4.78 is 11.0. The summed E-state index contributed by atoms with van der Waals surface area (Å²) in [6, 6.07) is 12.3. The van der Waals surface area contributed by atoms with Crippen LogP contribution in [0.1, 0.15) is 11.1 Å². The Labute approximate surface area is 169 Å². The lowest BCUT2D eigenvalue weighted by Crippen LogP contribution is -2.49. The minimum absolute atomic E-state index is 0.0374. The molecule has 3 rings (SSSR count). The molecule has 1 fully saturated rings. The first-order valence-electron chi connectivity index (χ1n) is 9.47. The Balaban J connectivity index is 1.48. The van der Waals surface area contributed by atoms with E-state index in [0.29, 0.717) is 44.2 Å². The SMILES string of the molecule is COc1cc(C)ccc1OCC(=O)N1CCN(Cc2cccc([N+](=O)[O-])c2)CC1. The van der Waals surface area contributed by atoms with Gasteiger partial charge in [0, 0.05) is 44.9 Å². The maximum absolute atomic E-state index is 12.5. The molecule has 2 aromatic carbocycles. The summed E-state index contributed by atoms with van der Waals surface area (Å²) in [5, 5.41) is 10.9. The summed E-state index contributed by atoms with van der Waals surface area (Å²) in [7, 11) is 1.57. The molecular weight excluding hydrogens is 374 g/mol. The molecule has 1 aliphatic rings. The third kappa shape index (κ3) is 5.45. The van der Waals surface area contributed by atoms with Crippen molar-refractivity contribution in [2.75, 3.05) is 39.9 Å². The van der Waals surface area contributed by atoms with Crippen LogP contribution in [-0.2, 0) is 11.3 Å². The van der Waals surface area contributed by atoms with Gasteiger partial charge in [-0.1, -0.05) is 18.2 Å². The van der Waals surface area contributed by atoms with Crippen molar-refractivity contribution in [2.24, 2.45) is 0 Å². The molecule has 0 saturated carbocycles. The third-order valence-electron chi connectivity index (χ3n) is 4.92. The van der Waals surface area contributed by atoms with E-state index in [2.05, 4.69) is 4.90 Å². The molecule has 2 aromatic rings. The van der Waals surface area contributed by atoms with E-state index in [0.717, 1.165) is 11.1 Å². The van der Waals surface area contributed by atoms with E-state index in [4.69, 9.17) is 9.47 Å². The predicted octanol–water partition coefficient (Wildman–Crippen LogP) is 2.64. The molecular formula is C21H25N3O5. The number of carbonyl (C=O) groups is 1. The minimum atomic E-state index is -0.386. The number of hydrogen-bond donors (Lipinski definition) is 0. The van der Waals surface area contributed by atoms with Gasteiger partial charge in [-0.3, -0.25) is 19.8 Å². The van der Waals surface area contributed by atoms with Crippen molar-refractivity contribution in [1.29, 1.82) is 0 Å². The van der Waals surface area contributed by atoms with E-state index < -0.39 is 0 Å². The van der Waals surface area contributed by atoms with Crippen molar-refractivity contribution in [3.05, 3.63) is 63.7 Å². The van der Waals surface area contributed by atoms with Crippen LogP contribution < -0.4 is 9.47 Å². The first kappa shape index (κ1) is 20.6. The quantitative estimate of drug-likeness (QED) is 0.526. The first-order chi connectivity index (χ1) is 14.0. The lowest BCUT2D eigenvalue weighted by Gasteiger charge is -2.34. The monoisotopic (exact) mass is 399 g/mol. The number of nitro groups is 1. The average Bonchev–Trinajstić information content (AvgIpc) is 2.73. The van der Waals surface area contributed by atoms with E-state index in [-0.39, 0.29) is 23.1 Å². The van der Waals surface area contributed by atoms with Gasteiger partial charge in [-0.15, -0.1) is 0 Å². The van der Waals surface area contributed by atoms with Crippen molar-refractivity contribution >= 4 is 11.6 Å². The largest absolute Gasteiger partial charge is 0.493 e. The van der Waals surface area contributed by atoms with Gasteiger partial charge in [0.15, 0.2) is 18.1 Å². The first-order valence-corrected chi connectivity index (χ1v) is 9.47. The number of hydrogen-bond acceptors (Lipinski definition) is 6. The van der Waals surface area contributed by atoms with Crippen molar-refractivity contribution in [2.45, 2.75) is 13.5 Å². The summed E-state index contributed by atoms with van der Waals surface area (Å²) in [6.45, 7) is 5.17. The molecule has 154 valence electrons. The highest BCUT2D eigenvalue weighted by molar-refractivity contribution is 5.78. The molecule has 8 heteroatoms. The van der Waals surface area contributed by atoms with Gasteiger partial charge in [-0.25, -0.2) is 0 Å². The van der Waals surface area contributed by atoms with Crippen LogP contribution in [0.4, 0.5) is 5.69 Å². The summed E-state index contributed by atoms with van der Waals surface area (Å²) in [4.78, 5) is 27.0. The summed E-state index contributed by atoms with van der Waals surface area (Å²) in [5.74, 6) is 1.10. The fraction of sp³-hybridized carbons (Fsp3) is 0.381. The zero-order valence-electron chi connectivity index (χ0n) is 16.7. The number of nitro benzene ring substituents is 1. The van der Waals surface area contributed by atoms with E-state index >= 15 is 0 Å². The van der Waals surface area contributed by atoms with Crippen molar-refractivity contribution in [3.63, 3.8) is 0 Å². The number of piperazine rings is 1. The maximum atomic E-state index is 12.5. The Morgan fingerprint density at radius 3 is 2.55 bits per heavy atom. The molecule has 0 radical (unpaired) electrons. The number of amides is 1. The van der Waals surface area contributed by atoms with Crippen LogP contribution in [0.25, 0.3) is 0 Å². The zero-order valence-corrected chi connectivity index (χ0v) is 16.7. The van der Waals surface area contributed by atoms with Gasteiger partial charge in [0.1, 0.15) is 0 Å². The Morgan fingerprint density at radius 1 is 1.10 bits per heavy atom. The molecule has 8 nitrogen and oxygen atoms in total. The van der Waals surface area contributed by atoms with Gasteiger partial charge in [0.25, 0.3) is 11.6 Å². The second-order valence-electron chi connectivity index (χ2n) is 7.03. The molecule has 0 aliphatic carbocycles. The Bertz CT molecular complexity index is 878. The average molecular weight is 399 g/mol. The van der Waals surface area contributed by atoms with Crippen LogP contribution in [-0.4, -0.2) is 60.5 Å². The minimum Gasteiger partial charge on any atom is -0.493 e. The van der Waals surface area contributed by atoms with Crippen molar-refractivity contribution < 1.29 is 19.2 Å². The van der Waals surface area contributed by atoms with Crippen molar-refractivity contribution in [3.8, 4) is 11.5 Å². The molecule has 1 heterocycles. The number of nitrogens with zero attached hydrogens (tertiary/aromatic N) is 3. The van der Waals surface area contributed by atoms with Crippen LogP contribution in [0.3, 0.4) is 0 Å². The van der Waals surface area contributed by atoms with Gasteiger partial charge < -0.3 is 14.4 Å². The van der Waals surface area contributed by atoms with Crippen LogP contribution >= 0.6 is 0 Å². The fourth-order valence-electron chi connectivity index (χ4n) is 3.31. The molecule has 29 heavy (non-hydrogen) atoms. The molecule has 1 aliphatic heterocycles. The highest BCUT2D eigenvalue weighted by atomic mass is 16.6.